The summed E-state index contributed by atoms with van der Waals surface area (Å²) in [6.45, 7) is 5.53. The Morgan fingerprint density at radius 1 is 1.09 bits per heavy atom. The predicted molar refractivity (Wildman–Crippen MR) is 86.3 cm³/mol. The van der Waals surface area contributed by atoms with Crippen LogP contribution in [-0.4, -0.2) is 58.7 Å². The summed E-state index contributed by atoms with van der Waals surface area (Å²) in [6.07, 6.45) is 2.72. The third kappa shape index (κ3) is 2.90. The molecule has 0 saturated carbocycles. The van der Waals surface area contributed by atoms with Gasteiger partial charge in [-0.15, -0.1) is 0 Å². The summed E-state index contributed by atoms with van der Waals surface area (Å²) in [4.78, 5) is 17.0. The molecule has 0 bridgehead atoms. The Balaban J connectivity index is 1.83. The predicted octanol–water partition coefficient (Wildman–Crippen LogP) is 1.96. The molecule has 1 aliphatic rings. The van der Waals surface area contributed by atoms with E-state index in [9.17, 15) is 4.79 Å². The van der Waals surface area contributed by atoms with Crippen molar-refractivity contribution in [3.8, 4) is 5.69 Å². The summed E-state index contributed by atoms with van der Waals surface area (Å²) in [7, 11) is 2.10. The van der Waals surface area contributed by atoms with Gasteiger partial charge in [0.15, 0.2) is 0 Å². The molecular weight excluding hydrogens is 276 g/mol. The van der Waals surface area contributed by atoms with Crippen LogP contribution < -0.4 is 0 Å². The van der Waals surface area contributed by atoms with Gasteiger partial charge in [0.05, 0.1) is 23.1 Å². The van der Waals surface area contributed by atoms with Crippen molar-refractivity contribution in [2.45, 2.75) is 13.3 Å². The molecule has 3 rings (SSSR count). The summed E-state index contributed by atoms with van der Waals surface area (Å²) >= 11 is 0. The van der Waals surface area contributed by atoms with Gasteiger partial charge in [-0.05, 0) is 39.1 Å². The van der Waals surface area contributed by atoms with E-state index in [1.54, 1.807) is 6.20 Å². The third-order valence-electron chi connectivity index (χ3n) is 4.25. The molecule has 1 amide bonds. The molecule has 1 aliphatic heterocycles. The van der Waals surface area contributed by atoms with E-state index in [-0.39, 0.29) is 5.91 Å². The SMILES string of the molecule is Cc1c(C(=O)N2CCCN(C)CC2)cnn1-c1ccccc1. The van der Waals surface area contributed by atoms with Gasteiger partial charge in [-0.2, -0.15) is 5.10 Å². The molecule has 1 saturated heterocycles. The van der Waals surface area contributed by atoms with Crippen molar-refractivity contribution >= 4 is 5.91 Å². The molecule has 0 N–H and O–H groups in total. The molecule has 0 atom stereocenters. The summed E-state index contributed by atoms with van der Waals surface area (Å²) in [5.74, 6) is 0.0926. The fraction of sp³-hybridized carbons (Fsp3) is 0.412. The van der Waals surface area contributed by atoms with Gasteiger partial charge in [0.2, 0.25) is 0 Å². The number of benzene rings is 1. The van der Waals surface area contributed by atoms with E-state index in [0.717, 1.165) is 44.0 Å². The Morgan fingerprint density at radius 3 is 2.64 bits per heavy atom. The van der Waals surface area contributed by atoms with Gasteiger partial charge in [0.25, 0.3) is 5.91 Å². The number of para-hydroxylation sites is 1. The third-order valence-corrected chi connectivity index (χ3v) is 4.25. The number of rotatable bonds is 2. The highest BCUT2D eigenvalue weighted by Crippen LogP contribution is 2.16. The minimum Gasteiger partial charge on any atom is -0.337 e. The quantitative estimate of drug-likeness (QED) is 0.851. The average Bonchev–Trinajstić information content (AvgIpc) is 2.78. The normalized spacial score (nSPS) is 16.5. The van der Waals surface area contributed by atoms with Crippen LogP contribution in [0.3, 0.4) is 0 Å². The first kappa shape index (κ1) is 14.8. The van der Waals surface area contributed by atoms with Gasteiger partial charge in [-0.25, -0.2) is 4.68 Å². The van der Waals surface area contributed by atoms with Crippen LogP contribution in [0.1, 0.15) is 22.5 Å². The van der Waals surface area contributed by atoms with E-state index >= 15 is 0 Å². The Bertz CT molecular complexity index is 650. The number of hydrogen-bond acceptors (Lipinski definition) is 3. The van der Waals surface area contributed by atoms with Crippen molar-refractivity contribution in [2.75, 3.05) is 33.2 Å². The fourth-order valence-corrected chi connectivity index (χ4v) is 2.87. The molecule has 1 aromatic carbocycles. The monoisotopic (exact) mass is 298 g/mol. The Kier molecular flexibility index (Phi) is 4.24. The van der Waals surface area contributed by atoms with E-state index in [2.05, 4.69) is 17.0 Å². The highest BCUT2D eigenvalue weighted by Gasteiger charge is 2.22. The lowest BCUT2D eigenvalue weighted by atomic mass is 10.2. The van der Waals surface area contributed by atoms with Crippen molar-refractivity contribution < 1.29 is 4.79 Å². The number of aromatic nitrogens is 2. The molecular formula is C17H22N4O. The molecule has 0 unspecified atom stereocenters. The van der Waals surface area contributed by atoms with Crippen LogP contribution in [0.2, 0.25) is 0 Å². The van der Waals surface area contributed by atoms with Crippen LogP contribution in [0, 0.1) is 6.92 Å². The number of nitrogens with zero attached hydrogens (tertiary/aromatic N) is 4. The zero-order valence-electron chi connectivity index (χ0n) is 13.2. The van der Waals surface area contributed by atoms with E-state index < -0.39 is 0 Å². The average molecular weight is 298 g/mol. The van der Waals surface area contributed by atoms with Crippen molar-refractivity contribution in [1.82, 2.24) is 19.6 Å². The summed E-state index contributed by atoms with van der Waals surface area (Å²) in [5.41, 5.74) is 2.58. The lowest BCUT2D eigenvalue weighted by Gasteiger charge is -2.20. The minimum atomic E-state index is 0.0926. The summed E-state index contributed by atoms with van der Waals surface area (Å²) in [6, 6.07) is 9.91. The molecule has 0 radical (unpaired) electrons. The van der Waals surface area contributed by atoms with E-state index in [4.69, 9.17) is 0 Å². The van der Waals surface area contributed by atoms with E-state index in [1.165, 1.54) is 0 Å². The van der Waals surface area contributed by atoms with Gasteiger partial charge >= 0.3 is 0 Å². The van der Waals surface area contributed by atoms with Gasteiger partial charge in [0.1, 0.15) is 0 Å². The zero-order chi connectivity index (χ0) is 15.5. The molecule has 22 heavy (non-hydrogen) atoms. The number of likely N-dealkylation sites (N-methyl/N-ethyl adjacent to an activating group) is 1. The number of carbonyl (C=O) groups excluding carboxylic acids is 1. The Labute approximate surface area is 131 Å². The molecule has 0 aliphatic carbocycles. The van der Waals surface area contributed by atoms with Crippen LogP contribution in [0.25, 0.3) is 5.69 Å². The van der Waals surface area contributed by atoms with Crippen LogP contribution in [0.5, 0.6) is 0 Å². The first-order chi connectivity index (χ1) is 10.7. The second kappa shape index (κ2) is 6.32. The number of amides is 1. The summed E-state index contributed by atoms with van der Waals surface area (Å²) in [5, 5.41) is 4.40. The van der Waals surface area contributed by atoms with Crippen molar-refractivity contribution in [1.29, 1.82) is 0 Å². The van der Waals surface area contributed by atoms with Crippen LogP contribution >= 0.6 is 0 Å². The molecule has 0 spiro atoms. The second-order valence-electron chi connectivity index (χ2n) is 5.84. The van der Waals surface area contributed by atoms with Gasteiger partial charge in [-0.1, -0.05) is 18.2 Å². The molecule has 1 fully saturated rings. The lowest BCUT2D eigenvalue weighted by molar-refractivity contribution is 0.0762. The minimum absolute atomic E-state index is 0.0926. The maximum Gasteiger partial charge on any atom is 0.257 e. The van der Waals surface area contributed by atoms with Gasteiger partial charge in [-0.3, -0.25) is 4.79 Å². The van der Waals surface area contributed by atoms with E-state index in [1.807, 2.05) is 46.8 Å². The van der Waals surface area contributed by atoms with Gasteiger partial charge in [0, 0.05) is 19.6 Å². The highest BCUT2D eigenvalue weighted by molar-refractivity contribution is 5.95. The smallest absolute Gasteiger partial charge is 0.257 e. The molecule has 116 valence electrons. The molecule has 5 nitrogen and oxygen atoms in total. The van der Waals surface area contributed by atoms with E-state index in [0.29, 0.717) is 5.56 Å². The van der Waals surface area contributed by atoms with Crippen molar-refractivity contribution in [3.05, 3.63) is 47.8 Å². The van der Waals surface area contributed by atoms with Crippen LogP contribution in [0.4, 0.5) is 0 Å². The van der Waals surface area contributed by atoms with Crippen molar-refractivity contribution in [3.63, 3.8) is 0 Å². The Morgan fingerprint density at radius 2 is 1.86 bits per heavy atom. The molecule has 1 aromatic heterocycles. The first-order valence-corrected chi connectivity index (χ1v) is 7.74. The molecule has 5 heteroatoms. The molecule has 2 aromatic rings. The first-order valence-electron chi connectivity index (χ1n) is 7.74. The Hall–Kier alpha value is -2.14. The largest absolute Gasteiger partial charge is 0.337 e. The second-order valence-corrected chi connectivity index (χ2v) is 5.84. The van der Waals surface area contributed by atoms with Crippen LogP contribution in [-0.2, 0) is 0 Å². The highest BCUT2D eigenvalue weighted by atomic mass is 16.2. The topological polar surface area (TPSA) is 41.4 Å². The van der Waals surface area contributed by atoms with Gasteiger partial charge < -0.3 is 9.80 Å². The fourth-order valence-electron chi connectivity index (χ4n) is 2.87. The maximum absolute atomic E-state index is 12.8. The van der Waals surface area contributed by atoms with Crippen LogP contribution in [0.15, 0.2) is 36.5 Å². The standard InChI is InChI=1S/C17H22N4O/c1-14-16(13-18-21(14)15-7-4-3-5-8-15)17(22)20-10-6-9-19(2)11-12-20/h3-5,7-8,13H,6,9-12H2,1-2H3. The lowest BCUT2D eigenvalue weighted by Crippen LogP contribution is -2.34. The molecule has 2 heterocycles. The number of hydrogen-bond donors (Lipinski definition) is 0. The summed E-state index contributed by atoms with van der Waals surface area (Å²) < 4.78 is 1.83. The zero-order valence-corrected chi connectivity index (χ0v) is 13.2. The maximum atomic E-state index is 12.8. The number of carbonyl (C=O) groups is 1. The van der Waals surface area contributed by atoms with Crippen molar-refractivity contribution in [2.24, 2.45) is 0 Å².